The fourth-order valence-corrected chi connectivity index (χ4v) is 5.46. The zero-order valence-electron chi connectivity index (χ0n) is 25.3. The number of nitrogens with one attached hydrogen (secondary N) is 1. The van der Waals surface area contributed by atoms with Gasteiger partial charge in [0.1, 0.15) is 6.04 Å². The van der Waals surface area contributed by atoms with E-state index in [0.29, 0.717) is 12.2 Å². The van der Waals surface area contributed by atoms with Crippen molar-refractivity contribution in [1.29, 1.82) is 5.41 Å². The Bertz CT molecular complexity index is 1330. The number of esters is 1. The van der Waals surface area contributed by atoms with Crippen LogP contribution >= 0.6 is 34.8 Å². The maximum absolute atomic E-state index is 13.2. The second-order valence-corrected chi connectivity index (χ2v) is 13.6. The maximum atomic E-state index is 13.2. The van der Waals surface area contributed by atoms with Gasteiger partial charge in [-0.2, -0.15) is 0 Å². The van der Waals surface area contributed by atoms with Crippen molar-refractivity contribution in [1.82, 2.24) is 0 Å². The fraction of sp³-hybridized carbons (Fsp3) is 0.548. The molecule has 0 radical (unpaired) electrons. The summed E-state index contributed by atoms with van der Waals surface area (Å²) in [5, 5.41) is 11.9. The minimum atomic E-state index is -2.17. The third-order valence-electron chi connectivity index (χ3n) is 8.35. The molecule has 2 aliphatic heterocycles. The lowest BCUT2D eigenvalue weighted by Crippen LogP contribution is -2.59. The molecule has 0 aromatic heterocycles. The van der Waals surface area contributed by atoms with Gasteiger partial charge in [0, 0.05) is 16.7 Å². The summed E-state index contributed by atoms with van der Waals surface area (Å²) in [6, 6.07) is 17.3. The molecule has 0 spiro atoms. The highest BCUT2D eigenvalue weighted by Crippen LogP contribution is 2.39. The number of alkyl halides is 3. The fourth-order valence-electron chi connectivity index (χ4n) is 5.32. The molecule has 0 bridgehead atoms. The Hall–Kier alpha value is -2.60. The van der Waals surface area contributed by atoms with Crippen LogP contribution in [0, 0.1) is 23.2 Å². The Kier molecular flexibility index (Phi) is 12.4. The monoisotopic (exact) mass is 682 g/mol. The van der Waals surface area contributed by atoms with Gasteiger partial charge in [-0.05, 0) is 36.1 Å². The lowest BCUT2D eigenvalue weighted by Gasteiger charge is -2.48. The predicted octanol–water partition coefficient (Wildman–Crippen LogP) is 7.23. The number of carbonyl (C=O) groups is 1. The van der Waals surface area contributed by atoms with Crippen LogP contribution in [0.2, 0.25) is 0 Å². The summed E-state index contributed by atoms with van der Waals surface area (Å²) < 4.78 is 34.5. The SMILES string of the molecule is CC1O[C@@H](OC(=N)C(Cl)(Cl)Cl)C(N=[N+]=[N-])[C@@H](O[C@@H]2OC(COCc3ccccc3)[C@@H](C)[C@H](C)C2OC(=O)c2ccccc2)[C@@H]1C. The van der Waals surface area contributed by atoms with Crippen molar-refractivity contribution in [2.75, 3.05) is 6.61 Å². The van der Waals surface area contributed by atoms with E-state index >= 15 is 0 Å². The summed E-state index contributed by atoms with van der Waals surface area (Å²) in [7, 11) is 0. The van der Waals surface area contributed by atoms with E-state index in [-0.39, 0.29) is 24.4 Å². The Morgan fingerprint density at radius 1 is 0.911 bits per heavy atom. The molecule has 244 valence electrons. The van der Waals surface area contributed by atoms with Gasteiger partial charge in [0.15, 0.2) is 12.4 Å². The second-order valence-electron chi connectivity index (χ2n) is 11.3. The van der Waals surface area contributed by atoms with Crippen LogP contribution in [-0.2, 0) is 35.0 Å². The van der Waals surface area contributed by atoms with Gasteiger partial charge in [0.05, 0.1) is 37.1 Å². The van der Waals surface area contributed by atoms with Crippen LogP contribution in [0.25, 0.3) is 10.4 Å². The van der Waals surface area contributed by atoms with Gasteiger partial charge < -0.3 is 28.4 Å². The number of halogens is 3. The maximum Gasteiger partial charge on any atom is 0.338 e. The number of azide groups is 1. The van der Waals surface area contributed by atoms with Crippen molar-refractivity contribution in [3.8, 4) is 0 Å². The van der Waals surface area contributed by atoms with Gasteiger partial charge in [-0.3, -0.25) is 5.41 Å². The molecule has 4 unspecified atom stereocenters. The van der Waals surface area contributed by atoms with E-state index in [1.807, 2.05) is 57.2 Å². The first-order chi connectivity index (χ1) is 21.4. The first-order valence-corrected chi connectivity index (χ1v) is 15.7. The summed E-state index contributed by atoms with van der Waals surface area (Å²) >= 11 is 17.5. The highest BCUT2D eigenvalue weighted by molar-refractivity contribution is 6.76. The molecule has 2 saturated heterocycles. The summed E-state index contributed by atoms with van der Waals surface area (Å²) in [5.41, 5.74) is 10.9. The highest BCUT2D eigenvalue weighted by atomic mass is 35.6. The number of nitrogens with zero attached hydrogens (tertiary/aromatic N) is 3. The second kappa shape index (κ2) is 15.8. The predicted molar refractivity (Wildman–Crippen MR) is 169 cm³/mol. The normalized spacial score (nSPS) is 31.8. The molecule has 0 saturated carbocycles. The average molecular weight is 684 g/mol. The minimum absolute atomic E-state index is 0.0889. The molecule has 1 N–H and O–H groups in total. The molecular formula is C31H37Cl3N4O7. The topological polar surface area (TPSA) is 145 Å². The molecule has 4 rings (SSSR count). The lowest BCUT2D eigenvalue weighted by molar-refractivity contribution is -0.316. The van der Waals surface area contributed by atoms with Gasteiger partial charge >= 0.3 is 5.97 Å². The first-order valence-electron chi connectivity index (χ1n) is 14.6. The quantitative estimate of drug-likeness (QED) is 0.0529. The van der Waals surface area contributed by atoms with E-state index in [0.717, 1.165) is 5.56 Å². The number of hydrogen-bond donors (Lipinski definition) is 1. The Balaban J connectivity index is 1.60. The molecular weight excluding hydrogens is 647 g/mol. The third-order valence-corrected chi connectivity index (χ3v) is 8.86. The van der Waals surface area contributed by atoms with Crippen LogP contribution in [0.4, 0.5) is 0 Å². The zero-order valence-corrected chi connectivity index (χ0v) is 27.6. The highest BCUT2D eigenvalue weighted by Gasteiger charge is 2.51. The van der Waals surface area contributed by atoms with E-state index in [1.54, 1.807) is 31.2 Å². The number of benzene rings is 2. The van der Waals surface area contributed by atoms with Crippen molar-refractivity contribution in [3.05, 3.63) is 82.2 Å². The van der Waals surface area contributed by atoms with Crippen molar-refractivity contribution in [2.45, 2.75) is 81.1 Å². The molecule has 45 heavy (non-hydrogen) atoms. The van der Waals surface area contributed by atoms with Crippen molar-refractivity contribution >= 4 is 46.7 Å². The molecule has 0 amide bonds. The van der Waals surface area contributed by atoms with Gasteiger partial charge in [-0.1, -0.05) is 109 Å². The molecule has 11 nitrogen and oxygen atoms in total. The Morgan fingerprint density at radius 3 is 2.18 bits per heavy atom. The smallest absolute Gasteiger partial charge is 0.338 e. The van der Waals surface area contributed by atoms with E-state index < -0.39 is 58.7 Å². The van der Waals surface area contributed by atoms with E-state index in [1.165, 1.54) is 0 Å². The van der Waals surface area contributed by atoms with Crippen LogP contribution in [0.3, 0.4) is 0 Å². The van der Waals surface area contributed by atoms with Crippen LogP contribution in [0.1, 0.15) is 43.6 Å². The van der Waals surface area contributed by atoms with Crippen molar-refractivity contribution in [2.24, 2.45) is 22.9 Å². The standard InChI is InChI=1S/C31H37Cl3N4O7/c1-17-18(2)26(43-27(39)22-13-9-6-10-14-22)29(42-23(17)16-40-15-21-11-7-5-8-12-21)44-25-19(3)20(4)41-28(24(25)37-38-36)45-30(35)31(32,33)34/h5-14,17-20,23-26,28-29,35H,15-16H2,1-4H3/t17-,18-,19+,20?,23?,24?,25-,26?,28-,29-/m0/s1. The van der Waals surface area contributed by atoms with E-state index in [2.05, 4.69) is 10.0 Å². The van der Waals surface area contributed by atoms with E-state index in [4.69, 9.17) is 68.6 Å². The average Bonchev–Trinajstić information content (AvgIpc) is 3.02. The molecule has 2 heterocycles. The summed E-state index contributed by atoms with van der Waals surface area (Å²) in [5.74, 6) is -1.92. The molecule has 2 aromatic carbocycles. The minimum Gasteiger partial charge on any atom is -0.453 e. The molecule has 0 aliphatic carbocycles. The Labute approximate surface area is 277 Å². The molecule has 10 atom stereocenters. The van der Waals surface area contributed by atoms with Crippen molar-refractivity contribution < 1.29 is 33.2 Å². The first kappa shape index (κ1) is 35.3. The van der Waals surface area contributed by atoms with Gasteiger partial charge in [-0.15, -0.1) is 0 Å². The molecule has 2 aromatic rings. The lowest BCUT2D eigenvalue weighted by atomic mass is 9.83. The summed E-state index contributed by atoms with van der Waals surface area (Å²) in [6.45, 7) is 8.25. The van der Waals surface area contributed by atoms with Gasteiger partial charge in [0.2, 0.25) is 12.2 Å². The number of hydrogen-bond acceptors (Lipinski definition) is 9. The summed E-state index contributed by atoms with van der Waals surface area (Å²) in [4.78, 5) is 16.2. The van der Waals surface area contributed by atoms with Crippen LogP contribution < -0.4 is 0 Å². The third kappa shape index (κ3) is 9.02. The Morgan fingerprint density at radius 2 is 1.56 bits per heavy atom. The molecule has 14 heteroatoms. The molecule has 2 aliphatic rings. The largest absolute Gasteiger partial charge is 0.453 e. The number of ether oxygens (including phenoxy) is 6. The van der Waals surface area contributed by atoms with Crippen LogP contribution in [-0.4, -0.2) is 65.3 Å². The van der Waals surface area contributed by atoms with E-state index in [9.17, 15) is 10.3 Å². The zero-order chi connectivity index (χ0) is 32.7. The van der Waals surface area contributed by atoms with Gasteiger partial charge in [-0.25, -0.2) is 4.79 Å². The van der Waals surface area contributed by atoms with Gasteiger partial charge in [0.25, 0.3) is 3.79 Å². The molecule has 2 fully saturated rings. The van der Waals surface area contributed by atoms with Crippen LogP contribution in [0.15, 0.2) is 65.8 Å². The number of carbonyl (C=O) groups excluding carboxylic acids is 1. The summed E-state index contributed by atoms with van der Waals surface area (Å²) in [6.07, 6.45) is -5.02. The van der Waals surface area contributed by atoms with Crippen molar-refractivity contribution in [3.63, 3.8) is 0 Å². The van der Waals surface area contributed by atoms with Crippen LogP contribution in [0.5, 0.6) is 0 Å². The number of rotatable bonds is 10.